The van der Waals surface area contributed by atoms with E-state index in [1.54, 1.807) is 11.0 Å². The molecular formula is C6H11N5. The molecule has 0 aliphatic carbocycles. The van der Waals surface area contributed by atoms with Gasteiger partial charge in [-0.15, -0.1) is 5.10 Å². The summed E-state index contributed by atoms with van der Waals surface area (Å²) in [4.78, 5) is 0. The van der Waals surface area contributed by atoms with Crippen molar-refractivity contribution in [2.75, 3.05) is 13.1 Å². The van der Waals surface area contributed by atoms with E-state index in [0.29, 0.717) is 0 Å². The largest absolute Gasteiger partial charge is 0.316 e. The van der Waals surface area contributed by atoms with Crippen molar-refractivity contribution >= 4 is 0 Å². The zero-order chi connectivity index (χ0) is 7.52. The topological polar surface area (TPSA) is 55.6 Å². The molecule has 1 N–H and O–H groups in total. The van der Waals surface area contributed by atoms with Crippen molar-refractivity contribution in [3.8, 4) is 0 Å². The Bertz CT molecular complexity index is 203. The van der Waals surface area contributed by atoms with E-state index in [1.807, 2.05) is 0 Å². The molecule has 0 amide bonds. The van der Waals surface area contributed by atoms with Gasteiger partial charge < -0.3 is 5.32 Å². The maximum absolute atomic E-state index is 3.78. The Balaban J connectivity index is 1.74. The molecule has 1 aromatic rings. The zero-order valence-electron chi connectivity index (χ0n) is 6.27. The number of rotatable bonds is 3. The quantitative estimate of drug-likeness (QED) is 0.622. The Morgan fingerprint density at radius 1 is 1.55 bits per heavy atom. The Kier molecular flexibility index (Phi) is 1.81. The van der Waals surface area contributed by atoms with E-state index in [9.17, 15) is 0 Å². The van der Waals surface area contributed by atoms with E-state index in [-0.39, 0.29) is 0 Å². The number of tetrazole rings is 1. The molecular weight excluding hydrogens is 142 g/mol. The van der Waals surface area contributed by atoms with E-state index in [1.165, 1.54) is 6.42 Å². The normalized spacial score (nSPS) is 18.2. The third-order valence-electron chi connectivity index (χ3n) is 2.02. The van der Waals surface area contributed by atoms with Crippen LogP contribution in [0.1, 0.15) is 6.42 Å². The standard InChI is InChI=1S/C6H11N5/c1(6-3-7-4-6)2-11-5-8-9-10-11/h5-7H,1-4H2. The Morgan fingerprint density at radius 2 is 2.45 bits per heavy atom. The summed E-state index contributed by atoms with van der Waals surface area (Å²) in [7, 11) is 0. The van der Waals surface area contributed by atoms with E-state index in [2.05, 4.69) is 20.8 Å². The highest BCUT2D eigenvalue weighted by molar-refractivity contribution is 4.73. The lowest BCUT2D eigenvalue weighted by atomic mass is 10.00. The van der Waals surface area contributed by atoms with Gasteiger partial charge in [-0.1, -0.05) is 0 Å². The minimum absolute atomic E-state index is 0.833. The van der Waals surface area contributed by atoms with Gasteiger partial charge >= 0.3 is 0 Å². The summed E-state index contributed by atoms with van der Waals surface area (Å²) in [5.74, 6) is 0.833. The third-order valence-corrected chi connectivity index (χ3v) is 2.02. The lowest BCUT2D eigenvalue weighted by Crippen LogP contribution is -2.42. The molecule has 1 fully saturated rings. The molecule has 0 radical (unpaired) electrons. The zero-order valence-corrected chi connectivity index (χ0v) is 6.27. The molecule has 0 spiro atoms. The summed E-state index contributed by atoms with van der Waals surface area (Å²) in [5.41, 5.74) is 0. The second kappa shape index (κ2) is 2.96. The monoisotopic (exact) mass is 153 g/mol. The fraction of sp³-hybridized carbons (Fsp3) is 0.833. The smallest absolute Gasteiger partial charge is 0.138 e. The number of aromatic nitrogens is 4. The van der Waals surface area contributed by atoms with Crippen molar-refractivity contribution in [3.63, 3.8) is 0 Å². The number of nitrogens with zero attached hydrogens (tertiary/aromatic N) is 4. The summed E-state index contributed by atoms with van der Waals surface area (Å²) in [5, 5.41) is 14.1. The third kappa shape index (κ3) is 1.54. The number of hydrogen-bond acceptors (Lipinski definition) is 4. The van der Waals surface area contributed by atoms with Crippen LogP contribution in [0.5, 0.6) is 0 Å². The first-order valence-corrected chi connectivity index (χ1v) is 3.86. The number of aryl methyl sites for hydroxylation is 1. The summed E-state index contributed by atoms with van der Waals surface area (Å²) >= 11 is 0. The lowest BCUT2D eigenvalue weighted by Gasteiger charge is -2.26. The van der Waals surface area contributed by atoms with Crippen molar-refractivity contribution in [3.05, 3.63) is 6.33 Å². The summed E-state index contributed by atoms with van der Waals surface area (Å²) < 4.78 is 1.78. The molecule has 1 aliphatic rings. The van der Waals surface area contributed by atoms with Crippen molar-refractivity contribution in [2.45, 2.75) is 13.0 Å². The molecule has 0 unspecified atom stereocenters. The number of hydrogen-bond donors (Lipinski definition) is 1. The molecule has 2 heterocycles. The van der Waals surface area contributed by atoms with Gasteiger partial charge in [0.25, 0.3) is 0 Å². The Labute approximate surface area is 64.8 Å². The molecule has 1 saturated heterocycles. The van der Waals surface area contributed by atoms with Gasteiger partial charge in [-0.2, -0.15) is 0 Å². The molecule has 5 nitrogen and oxygen atoms in total. The second-order valence-electron chi connectivity index (χ2n) is 2.89. The van der Waals surface area contributed by atoms with Gasteiger partial charge in [0, 0.05) is 6.54 Å². The van der Waals surface area contributed by atoms with Gasteiger partial charge in [-0.25, -0.2) is 4.68 Å². The van der Waals surface area contributed by atoms with E-state index >= 15 is 0 Å². The molecule has 0 bridgehead atoms. The summed E-state index contributed by atoms with van der Waals surface area (Å²) in [6.45, 7) is 3.25. The van der Waals surface area contributed by atoms with Crippen molar-refractivity contribution < 1.29 is 0 Å². The predicted molar refractivity (Wildman–Crippen MR) is 38.8 cm³/mol. The molecule has 60 valence electrons. The van der Waals surface area contributed by atoms with Gasteiger partial charge in [0.1, 0.15) is 6.33 Å². The van der Waals surface area contributed by atoms with Gasteiger partial charge in [0.05, 0.1) is 0 Å². The minimum Gasteiger partial charge on any atom is -0.316 e. The fourth-order valence-electron chi connectivity index (χ4n) is 1.15. The SMILES string of the molecule is c1nnnn1CCC1CNC1. The van der Waals surface area contributed by atoms with Crippen LogP contribution in [0.25, 0.3) is 0 Å². The van der Waals surface area contributed by atoms with Crippen LogP contribution >= 0.6 is 0 Å². The van der Waals surface area contributed by atoms with Crippen molar-refractivity contribution in [1.82, 2.24) is 25.5 Å². The fourth-order valence-corrected chi connectivity index (χ4v) is 1.15. The summed E-state index contributed by atoms with van der Waals surface area (Å²) in [6, 6.07) is 0. The Morgan fingerprint density at radius 3 is 3.00 bits per heavy atom. The van der Waals surface area contributed by atoms with E-state index < -0.39 is 0 Å². The minimum atomic E-state index is 0.833. The van der Waals surface area contributed by atoms with Crippen LogP contribution in [-0.2, 0) is 6.54 Å². The maximum atomic E-state index is 3.78. The molecule has 2 rings (SSSR count). The van der Waals surface area contributed by atoms with Crippen LogP contribution in [-0.4, -0.2) is 33.3 Å². The lowest BCUT2D eigenvalue weighted by molar-refractivity contribution is 0.305. The van der Waals surface area contributed by atoms with Crippen LogP contribution in [0.3, 0.4) is 0 Å². The molecule has 1 aromatic heterocycles. The first kappa shape index (κ1) is 6.72. The highest BCUT2D eigenvalue weighted by Gasteiger charge is 2.15. The molecule has 5 heteroatoms. The molecule has 0 atom stereocenters. The summed E-state index contributed by atoms with van der Waals surface area (Å²) in [6.07, 6.45) is 2.84. The van der Waals surface area contributed by atoms with Crippen LogP contribution in [0.2, 0.25) is 0 Å². The van der Waals surface area contributed by atoms with Crippen LogP contribution < -0.4 is 5.32 Å². The molecule has 0 saturated carbocycles. The van der Waals surface area contributed by atoms with E-state index in [0.717, 1.165) is 25.6 Å². The van der Waals surface area contributed by atoms with Gasteiger partial charge in [-0.3, -0.25) is 0 Å². The maximum Gasteiger partial charge on any atom is 0.138 e. The average Bonchev–Trinajstić information content (AvgIpc) is 2.36. The van der Waals surface area contributed by atoms with E-state index in [4.69, 9.17) is 0 Å². The highest BCUT2D eigenvalue weighted by Crippen LogP contribution is 2.08. The van der Waals surface area contributed by atoms with Crippen molar-refractivity contribution in [2.24, 2.45) is 5.92 Å². The van der Waals surface area contributed by atoms with Crippen LogP contribution in [0, 0.1) is 5.92 Å². The number of nitrogens with one attached hydrogen (secondary N) is 1. The first-order chi connectivity index (χ1) is 5.45. The molecule has 11 heavy (non-hydrogen) atoms. The second-order valence-corrected chi connectivity index (χ2v) is 2.89. The van der Waals surface area contributed by atoms with Crippen LogP contribution in [0.15, 0.2) is 6.33 Å². The first-order valence-electron chi connectivity index (χ1n) is 3.86. The van der Waals surface area contributed by atoms with Crippen molar-refractivity contribution in [1.29, 1.82) is 0 Å². The molecule has 0 aromatic carbocycles. The molecule has 1 aliphatic heterocycles. The van der Waals surface area contributed by atoms with Gasteiger partial charge in [0.2, 0.25) is 0 Å². The Hall–Kier alpha value is -0.970. The van der Waals surface area contributed by atoms with Crippen LogP contribution in [0.4, 0.5) is 0 Å². The average molecular weight is 153 g/mol. The predicted octanol–water partition coefficient (Wildman–Crippen LogP) is -0.717. The van der Waals surface area contributed by atoms with Gasteiger partial charge in [0.15, 0.2) is 0 Å². The van der Waals surface area contributed by atoms with Gasteiger partial charge in [-0.05, 0) is 35.9 Å². The highest BCUT2D eigenvalue weighted by atomic mass is 15.5.